The van der Waals surface area contributed by atoms with Crippen LogP contribution in [0.3, 0.4) is 0 Å². The molecule has 4 heteroatoms. The Kier molecular flexibility index (Phi) is 6.89. The summed E-state index contributed by atoms with van der Waals surface area (Å²) in [6.07, 6.45) is 0. The number of amides is 1. The highest BCUT2D eigenvalue weighted by molar-refractivity contribution is 7.99. The largest absolute Gasteiger partial charge is 0.344 e. The summed E-state index contributed by atoms with van der Waals surface area (Å²) in [6, 6.07) is 17.5. The van der Waals surface area contributed by atoms with Crippen molar-refractivity contribution in [2.45, 2.75) is 5.75 Å². The summed E-state index contributed by atoms with van der Waals surface area (Å²) in [5.74, 6) is 7.11. The zero-order valence-electron chi connectivity index (χ0n) is 12.0. The van der Waals surface area contributed by atoms with Crippen LogP contribution < -0.4 is 5.32 Å². The van der Waals surface area contributed by atoms with Gasteiger partial charge < -0.3 is 5.32 Å². The van der Waals surface area contributed by atoms with Crippen molar-refractivity contribution in [2.24, 2.45) is 0 Å². The van der Waals surface area contributed by atoms with Gasteiger partial charge in [0.2, 0.25) is 5.91 Å². The fraction of sp³-hybridized carbons (Fsp3) is 0.167. The zero-order valence-corrected chi connectivity index (χ0v) is 13.6. The summed E-state index contributed by atoms with van der Waals surface area (Å²) in [4.78, 5) is 11.7. The van der Waals surface area contributed by atoms with Gasteiger partial charge in [0.1, 0.15) is 0 Å². The molecule has 0 bridgehead atoms. The first-order valence-corrected chi connectivity index (χ1v) is 8.41. The summed E-state index contributed by atoms with van der Waals surface area (Å²) >= 11 is 7.59. The second kappa shape index (κ2) is 9.19. The fourth-order valence-electron chi connectivity index (χ4n) is 1.73. The van der Waals surface area contributed by atoms with Gasteiger partial charge in [-0.05, 0) is 17.7 Å². The van der Waals surface area contributed by atoms with Crippen LogP contribution in [-0.4, -0.2) is 18.2 Å². The normalized spacial score (nSPS) is 9.68. The molecule has 0 fully saturated rings. The minimum Gasteiger partial charge on any atom is -0.344 e. The maximum absolute atomic E-state index is 11.7. The molecular weight excluding hydrogens is 314 g/mol. The standard InChI is InChI=1S/C18H16ClNOS/c19-17-11-5-4-9-16(17)10-6-12-20-18(21)14-22-13-15-7-2-1-3-8-15/h1-5,7-9,11H,12-14H2,(H,20,21). The van der Waals surface area contributed by atoms with Gasteiger partial charge >= 0.3 is 0 Å². The van der Waals surface area contributed by atoms with Crippen LogP contribution in [0.4, 0.5) is 0 Å². The molecule has 1 amide bonds. The average molecular weight is 330 g/mol. The van der Waals surface area contributed by atoms with Crippen LogP contribution in [0.5, 0.6) is 0 Å². The molecule has 0 unspecified atom stereocenters. The number of thioether (sulfide) groups is 1. The second-order valence-corrected chi connectivity index (χ2v) is 5.93. The van der Waals surface area contributed by atoms with E-state index in [9.17, 15) is 4.79 Å². The van der Waals surface area contributed by atoms with Gasteiger partial charge in [-0.25, -0.2) is 0 Å². The Hall–Kier alpha value is -1.89. The fourth-order valence-corrected chi connectivity index (χ4v) is 2.73. The first-order valence-electron chi connectivity index (χ1n) is 6.87. The zero-order chi connectivity index (χ0) is 15.6. The molecule has 0 aliphatic rings. The van der Waals surface area contributed by atoms with Gasteiger partial charge in [0.15, 0.2) is 0 Å². The lowest BCUT2D eigenvalue weighted by molar-refractivity contribution is -0.118. The number of hydrogen-bond acceptors (Lipinski definition) is 2. The lowest BCUT2D eigenvalue weighted by Gasteiger charge is -2.02. The molecule has 0 aliphatic carbocycles. The highest BCUT2D eigenvalue weighted by Gasteiger charge is 2.00. The number of benzene rings is 2. The van der Waals surface area contributed by atoms with Crippen LogP contribution in [-0.2, 0) is 10.5 Å². The molecule has 0 heterocycles. The molecule has 0 radical (unpaired) electrons. The molecule has 2 nitrogen and oxygen atoms in total. The summed E-state index contributed by atoms with van der Waals surface area (Å²) in [5.41, 5.74) is 2.00. The Morgan fingerprint density at radius 3 is 2.59 bits per heavy atom. The van der Waals surface area contributed by atoms with E-state index in [-0.39, 0.29) is 5.91 Å². The van der Waals surface area contributed by atoms with E-state index in [1.165, 1.54) is 5.56 Å². The lowest BCUT2D eigenvalue weighted by Crippen LogP contribution is -2.25. The summed E-state index contributed by atoms with van der Waals surface area (Å²) in [7, 11) is 0. The minimum absolute atomic E-state index is 0.00519. The van der Waals surface area contributed by atoms with E-state index >= 15 is 0 Å². The topological polar surface area (TPSA) is 29.1 Å². The smallest absolute Gasteiger partial charge is 0.230 e. The molecule has 0 aliphatic heterocycles. The van der Waals surface area contributed by atoms with Gasteiger partial charge in [0, 0.05) is 11.3 Å². The third kappa shape index (κ3) is 5.85. The van der Waals surface area contributed by atoms with Crippen molar-refractivity contribution in [3.05, 3.63) is 70.7 Å². The molecule has 0 atom stereocenters. The van der Waals surface area contributed by atoms with E-state index in [4.69, 9.17) is 11.6 Å². The Bertz CT molecular complexity index is 676. The molecule has 0 saturated carbocycles. The summed E-state index contributed by atoms with van der Waals surface area (Å²) in [6.45, 7) is 0.329. The molecule has 0 spiro atoms. The number of carbonyl (C=O) groups excluding carboxylic acids is 1. The predicted molar refractivity (Wildman–Crippen MR) is 93.9 cm³/mol. The molecule has 2 aromatic carbocycles. The number of halogens is 1. The van der Waals surface area contributed by atoms with Crippen molar-refractivity contribution in [1.29, 1.82) is 0 Å². The molecule has 2 aromatic rings. The van der Waals surface area contributed by atoms with Gasteiger partial charge in [-0.15, -0.1) is 11.8 Å². The van der Waals surface area contributed by atoms with Crippen molar-refractivity contribution < 1.29 is 4.79 Å². The first-order chi connectivity index (χ1) is 10.8. The van der Waals surface area contributed by atoms with Gasteiger partial charge in [-0.2, -0.15) is 0 Å². The summed E-state index contributed by atoms with van der Waals surface area (Å²) in [5, 5.41) is 3.41. The average Bonchev–Trinajstić information content (AvgIpc) is 2.54. The number of carbonyl (C=O) groups is 1. The van der Waals surface area contributed by atoms with Crippen molar-refractivity contribution >= 4 is 29.3 Å². The number of hydrogen-bond donors (Lipinski definition) is 1. The van der Waals surface area contributed by atoms with Crippen molar-refractivity contribution in [3.63, 3.8) is 0 Å². The van der Waals surface area contributed by atoms with Crippen molar-refractivity contribution in [1.82, 2.24) is 5.32 Å². The highest BCUT2D eigenvalue weighted by atomic mass is 35.5. The minimum atomic E-state index is -0.00519. The number of rotatable bonds is 5. The van der Waals surface area contributed by atoms with Gasteiger partial charge in [-0.1, -0.05) is 65.9 Å². The quantitative estimate of drug-likeness (QED) is 0.847. The Balaban J connectivity index is 1.67. The molecule has 1 N–H and O–H groups in total. The number of nitrogens with one attached hydrogen (secondary N) is 1. The molecule has 0 aromatic heterocycles. The maximum Gasteiger partial charge on any atom is 0.230 e. The molecule has 2 rings (SSSR count). The molecule has 0 saturated heterocycles. The molecular formula is C18H16ClNOS. The Morgan fingerprint density at radius 2 is 1.82 bits per heavy atom. The predicted octanol–water partition coefficient (Wildman–Crippen LogP) is 3.74. The molecule has 112 valence electrons. The van der Waals surface area contributed by atoms with Crippen LogP contribution >= 0.6 is 23.4 Å². The third-order valence-electron chi connectivity index (χ3n) is 2.82. The highest BCUT2D eigenvalue weighted by Crippen LogP contribution is 2.13. The van der Waals surface area contributed by atoms with Crippen LogP contribution in [0.1, 0.15) is 11.1 Å². The van der Waals surface area contributed by atoms with E-state index in [1.54, 1.807) is 17.8 Å². The van der Waals surface area contributed by atoms with Crippen molar-refractivity contribution in [3.8, 4) is 11.8 Å². The maximum atomic E-state index is 11.7. The first kappa shape index (κ1) is 16.5. The Labute approximate surface area is 140 Å². The van der Waals surface area contributed by atoms with Crippen LogP contribution in [0.2, 0.25) is 5.02 Å². The monoisotopic (exact) mass is 329 g/mol. The van der Waals surface area contributed by atoms with Gasteiger partial charge in [-0.3, -0.25) is 4.79 Å². The van der Waals surface area contributed by atoms with E-state index < -0.39 is 0 Å². The Morgan fingerprint density at radius 1 is 1.09 bits per heavy atom. The SMILES string of the molecule is O=C(CSCc1ccccc1)NCC#Cc1ccccc1Cl. The van der Waals surface area contributed by atoms with Crippen molar-refractivity contribution in [2.75, 3.05) is 12.3 Å². The van der Waals surface area contributed by atoms with Gasteiger partial charge in [0.05, 0.1) is 17.3 Å². The van der Waals surface area contributed by atoms with Crippen LogP contribution in [0.25, 0.3) is 0 Å². The van der Waals surface area contributed by atoms with Crippen LogP contribution in [0.15, 0.2) is 54.6 Å². The van der Waals surface area contributed by atoms with E-state index in [0.717, 1.165) is 11.3 Å². The van der Waals surface area contributed by atoms with Gasteiger partial charge in [0.25, 0.3) is 0 Å². The lowest BCUT2D eigenvalue weighted by atomic mass is 10.2. The van der Waals surface area contributed by atoms with E-state index in [0.29, 0.717) is 17.3 Å². The third-order valence-corrected chi connectivity index (χ3v) is 4.15. The van der Waals surface area contributed by atoms with E-state index in [2.05, 4.69) is 29.3 Å². The second-order valence-electron chi connectivity index (χ2n) is 4.54. The van der Waals surface area contributed by atoms with Crippen LogP contribution in [0, 0.1) is 11.8 Å². The molecule has 22 heavy (non-hydrogen) atoms. The van der Waals surface area contributed by atoms with E-state index in [1.807, 2.05) is 36.4 Å². The summed E-state index contributed by atoms with van der Waals surface area (Å²) < 4.78 is 0.